The molecule has 3 rings (SSSR count). The van der Waals surface area contributed by atoms with Crippen LogP contribution in [0.1, 0.15) is 11.8 Å². The number of hydrogen-bond donors (Lipinski definition) is 1. The van der Waals surface area contributed by atoms with Gasteiger partial charge in [0.25, 0.3) is 0 Å². The van der Waals surface area contributed by atoms with E-state index in [9.17, 15) is 0 Å². The van der Waals surface area contributed by atoms with Gasteiger partial charge in [-0.15, -0.1) is 11.3 Å². The van der Waals surface area contributed by atoms with Crippen molar-refractivity contribution in [1.29, 1.82) is 5.26 Å². The van der Waals surface area contributed by atoms with Crippen molar-refractivity contribution < 1.29 is 0 Å². The molecule has 2 aromatic rings. The van der Waals surface area contributed by atoms with Crippen LogP contribution >= 0.6 is 11.3 Å². The molecular formula is C14H15N3S. The van der Waals surface area contributed by atoms with Crippen molar-refractivity contribution in [2.45, 2.75) is 13.0 Å². The van der Waals surface area contributed by atoms with Crippen molar-refractivity contribution in [1.82, 2.24) is 5.32 Å². The van der Waals surface area contributed by atoms with Crippen molar-refractivity contribution in [2.24, 2.45) is 0 Å². The number of piperazine rings is 1. The monoisotopic (exact) mass is 257 g/mol. The van der Waals surface area contributed by atoms with E-state index in [4.69, 9.17) is 5.26 Å². The Morgan fingerprint density at radius 1 is 1.50 bits per heavy atom. The van der Waals surface area contributed by atoms with Gasteiger partial charge in [-0.2, -0.15) is 5.26 Å². The molecule has 1 saturated heterocycles. The Bertz CT molecular complexity index is 611. The lowest BCUT2D eigenvalue weighted by Gasteiger charge is -2.33. The molecule has 1 N–H and O–H groups in total. The number of benzene rings is 1. The van der Waals surface area contributed by atoms with E-state index < -0.39 is 0 Å². The minimum Gasteiger partial charge on any atom is -0.368 e. The van der Waals surface area contributed by atoms with Crippen molar-refractivity contribution in [3.63, 3.8) is 0 Å². The third kappa shape index (κ3) is 1.96. The van der Waals surface area contributed by atoms with Crippen LogP contribution in [-0.2, 0) is 0 Å². The van der Waals surface area contributed by atoms with E-state index in [2.05, 4.69) is 41.4 Å². The van der Waals surface area contributed by atoms with Crippen molar-refractivity contribution >= 4 is 27.1 Å². The summed E-state index contributed by atoms with van der Waals surface area (Å²) >= 11 is 1.60. The Morgan fingerprint density at radius 2 is 2.39 bits per heavy atom. The van der Waals surface area contributed by atoms with E-state index >= 15 is 0 Å². The van der Waals surface area contributed by atoms with Crippen LogP contribution in [0.15, 0.2) is 24.3 Å². The maximum absolute atomic E-state index is 9.02. The van der Waals surface area contributed by atoms with E-state index in [0.717, 1.165) is 24.5 Å². The fourth-order valence-corrected chi connectivity index (χ4v) is 3.50. The lowest BCUT2D eigenvalue weighted by molar-refractivity contribution is 0.485. The molecule has 1 aromatic heterocycles. The van der Waals surface area contributed by atoms with Crippen LogP contribution in [0.4, 0.5) is 5.69 Å². The lowest BCUT2D eigenvalue weighted by atomic mass is 10.1. The fourth-order valence-electron chi connectivity index (χ4n) is 2.50. The van der Waals surface area contributed by atoms with Crippen LogP contribution in [0.5, 0.6) is 0 Å². The van der Waals surface area contributed by atoms with Gasteiger partial charge in [0, 0.05) is 25.7 Å². The number of nitrogens with one attached hydrogen (secondary N) is 1. The first kappa shape index (κ1) is 11.5. The van der Waals surface area contributed by atoms with Gasteiger partial charge in [-0.25, -0.2) is 0 Å². The normalized spacial score (nSPS) is 20.0. The van der Waals surface area contributed by atoms with Crippen LogP contribution in [0.25, 0.3) is 10.1 Å². The SMILES string of the molecule is C[C@@H]1CN(c2cccc3cc(C#N)sc23)CCN1. The quantitative estimate of drug-likeness (QED) is 0.853. The van der Waals surface area contributed by atoms with E-state index in [0.29, 0.717) is 6.04 Å². The summed E-state index contributed by atoms with van der Waals surface area (Å²) in [4.78, 5) is 3.21. The molecule has 18 heavy (non-hydrogen) atoms. The largest absolute Gasteiger partial charge is 0.368 e. The second kappa shape index (κ2) is 4.60. The number of nitriles is 1. The van der Waals surface area contributed by atoms with Crippen LogP contribution in [0.2, 0.25) is 0 Å². The molecule has 3 nitrogen and oxygen atoms in total. The predicted molar refractivity (Wildman–Crippen MR) is 76.2 cm³/mol. The maximum Gasteiger partial charge on any atom is 0.110 e. The summed E-state index contributed by atoms with van der Waals surface area (Å²) < 4.78 is 1.24. The number of nitrogens with zero attached hydrogens (tertiary/aromatic N) is 2. The summed E-state index contributed by atoms with van der Waals surface area (Å²) in [6, 6.07) is 11.1. The Morgan fingerprint density at radius 3 is 3.17 bits per heavy atom. The Hall–Kier alpha value is -1.57. The number of anilines is 1. The van der Waals surface area contributed by atoms with Crippen LogP contribution < -0.4 is 10.2 Å². The van der Waals surface area contributed by atoms with Gasteiger partial charge in [0.1, 0.15) is 10.9 Å². The minimum absolute atomic E-state index is 0.518. The smallest absolute Gasteiger partial charge is 0.110 e. The van der Waals surface area contributed by atoms with Crippen LogP contribution in [0.3, 0.4) is 0 Å². The van der Waals surface area contributed by atoms with Gasteiger partial charge in [-0.05, 0) is 24.4 Å². The number of rotatable bonds is 1. The van der Waals surface area contributed by atoms with Gasteiger partial charge in [0.2, 0.25) is 0 Å². The third-order valence-electron chi connectivity index (χ3n) is 3.34. The van der Waals surface area contributed by atoms with Crippen molar-refractivity contribution in [3.8, 4) is 6.07 Å². The minimum atomic E-state index is 0.518. The molecule has 4 heteroatoms. The molecule has 0 aliphatic carbocycles. The summed E-state index contributed by atoms with van der Waals surface area (Å²) in [5.74, 6) is 0. The Balaban J connectivity index is 2.05. The average Bonchev–Trinajstić information content (AvgIpc) is 2.81. The second-order valence-electron chi connectivity index (χ2n) is 4.72. The third-order valence-corrected chi connectivity index (χ3v) is 4.42. The highest BCUT2D eigenvalue weighted by Crippen LogP contribution is 2.34. The molecule has 1 atom stereocenters. The Kier molecular flexibility index (Phi) is 2.94. The first-order valence-electron chi connectivity index (χ1n) is 6.19. The number of hydrogen-bond acceptors (Lipinski definition) is 4. The molecule has 0 spiro atoms. The van der Waals surface area contributed by atoms with Crippen LogP contribution in [-0.4, -0.2) is 25.7 Å². The van der Waals surface area contributed by atoms with Gasteiger partial charge in [-0.3, -0.25) is 0 Å². The summed E-state index contributed by atoms with van der Waals surface area (Å²) in [6.07, 6.45) is 0. The zero-order valence-corrected chi connectivity index (χ0v) is 11.1. The number of thiophene rings is 1. The molecule has 0 radical (unpaired) electrons. The summed E-state index contributed by atoms with van der Waals surface area (Å²) in [6.45, 7) is 5.29. The molecule has 2 heterocycles. The Labute approximate surface area is 111 Å². The molecule has 0 unspecified atom stereocenters. The first-order chi connectivity index (χ1) is 8.78. The van der Waals surface area contributed by atoms with Crippen molar-refractivity contribution in [2.75, 3.05) is 24.5 Å². The van der Waals surface area contributed by atoms with Gasteiger partial charge in [0.05, 0.1) is 10.4 Å². The summed E-state index contributed by atoms with van der Waals surface area (Å²) in [7, 11) is 0. The molecule has 92 valence electrons. The van der Waals surface area contributed by atoms with Crippen LogP contribution in [0, 0.1) is 11.3 Å². The molecule has 0 amide bonds. The topological polar surface area (TPSA) is 39.1 Å². The fraction of sp³-hybridized carbons (Fsp3) is 0.357. The highest BCUT2D eigenvalue weighted by atomic mass is 32.1. The number of fused-ring (bicyclic) bond motifs is 1. The molecule has 1 aromatic carbocycles. The molecule has 1 aliphatic rings. The lowest BCUT2D eigenvalue weighted by Crippen LogP contribution is -2.49. The molecular weight excluding hydrogens is 242 g/mol. The van der Waals surface area contributed by atoms with E-state index in [1.54, 1.807) is 11.3 Å². The van der Waals surface area contributed by atoms with Gasteiger partial charge >= 0.3 is 0 Å². The van der Waals surface area contributed by atoms with E-state index in [1.165, 1.54) is 15.8 Å². The summed E-state index contributed by atoms with van der Waals surface area (Å²) in [5.41, 5.74) is 1.27. The highest BCUT2D eigenvalue weighted by molar-refractivity contribution is 7.20. The predicted octanol–water partition coefficient (Wildman–Crippen LogP) is 2.57. The van der Waals surface area contributed by atoms with E-state index in [-0.39, 0.29) is 0 Å². The highest BCUT2D eigenvalue weighted by Gasteiger charge is 2.18. The zero-order chi connectivity index (χ0) is 12.5. The standard InChI is InChI=1S/C14H15N3S/c1-10-9-17(6-5-16-10)13-4-2-3-11-7-12(8-15)18-14(11)13/h2-4,7,10,16H,5-6,9H2,1H3/t10-/m1/s1. The van der Waals surface area contributed by atoms with Gasteiger partial charge in [0.15, 0.2) is 0 Å². The van der Waals surface area contributed by atoms with Gasteiger partial charge in [-0.1, -0.05) is 12.1 Å². The molecule has 1 aliphatic heterocycles. The first-order valence-corrected chi connectivity index (χ1v) is 7.00. The van der Waals surface area contributed by atoms with Crippen molar-refractivity contribution in [3.05, 3.63) is 29.1 Å². The average molecular weight is 257 g/mol. The molecule has 0 bridgehead atoms. The summed E-state index contributed by atoms with van der Waals surface area (Å²) in [5, 5.41) is 13.7. The maximum atomic E-state index is 9.02. The zero-order valence-electron chi connectivity index (χ0n) is 10.3. The second-order valence-corrected chi connectivity index (χ2v) is 5.77. The van der Waals surface area contributed by atoms with Gasteiger partial charge < -0.3 is 10.2 Å². The molecule has 0 saturated carbocycles. The molecule has 1 fully saturated rings. The van der Waals surface area contributed by atoms with E-state index in [1.807, 2.05) is 6.07 Å².